The topological polar surface area (TPSA) is 56.7 Å². The molecule has 0 fully saturated rings. The summed E-state index contributed by atoms with van der Waals surface area (Å²) in [6, 6.07) is 57.4. The van der Waals surface area contributed by atoms with Crippen LogP contribution in [0.4, 0.5) is 0 Å². The van der Waals surface area contributed by atoms with E-state index in [0.29, 0.717) is 11.6 Å². The first kappa shape index (κ1) is 44.7. The van der Waals surface area contributed by atoms with Crippen molar-refractivity contribution in [3.63, 3.8) is 0 Å². The molecule has 4 heterocycles. The molecule has 0 saturated carbocycles. The Bertz CT molecular complexity index is 3180. The number of pyridine rings is 2. The third-order valence-electron chi connectivity index (χ3n) is 11.8. The monoisotopic (exact) mass is 1080 g/mol. The Labute approximate surface area is 393 Å². The van der Waals surface area contributed by atoms with E-state index in [4.69, 9.17) is 19.4 Å². The van der Waals surface area contributed by atoms with Crippen molar-refractivity contribution in [2.24, 2.45) is 5.92 Å². The number of fused-ring (bicyclic) bond motifs is 4. The third-order valence-corrected chi connectivity index (χ3v) is 16.1. The maximum absolute atomic E-state index is 6.58. The Morgan fingerprint density at radius 1 is 0.703 bits per heavy atom. The zero-order valence-electron chi connectivity index (χ0n) is 37.7. The van der Waals surface area contributed by atoms with Crippen LogP contribution in [0.1, 0.15) is 36.2 Å². The van der Waals surface area contributed by atoms with Gasteiger partial charge in [-0.05, 0) is 48.7 Å². The van der Waals surface area contributed by atoms with Gasteiger partial charge in [0, 0.05) is 42.3 Å². The first-order valence-electron chi connectivity index (χ1n) is 21.9. The average molecular weight is 1070 g/mol. The van der Waals surface area contributed by atoms with Gasteiger partial charge in [0.25, 0.3) is 0 Å². The molecule has 0 spiro atoms. The van der Waals surface area contributed by atoms with Crippen molar-refractivity contribution in [2.75, 3.05) is 0 Å². The SMILES string of the molecule is CC(C)Cc1cc(-c2[c-]cccc2)nc[c]1[Ge]([CH3])([CH3])[CH3].Cc1cc2c(nc1C)oc1c(-c3nc4ccccc4n3-c3c(-c4ccccc4)cccc3-c3ccccc3)[c-]cc(C)c12.[Ir]. The Kier molecular flexibility index (Phi) is 13.0. The number of benzene rings is 6. The summed E-state index contributed by atoms with van der Waals surface area (Å²) >= 11 is -1.86. The van der Waals surface area contributed by atoms with Crippen molar-refractivity contribution in [3.05, 3.63) is 186 Å². The number of para-hydroxylation sites is 3. The number of nitrogens with zero attached hydrogens (tertiary/aromatic N) is 4. The number of furan rings is 1. The van der Waals surface area contributed by atoms with Crippen LogP contribution in [0.3, 0.4) is 0 Å². The maximum atomic E-state index is 6.58. The van der Waals surface area contributed by atoms with E-state index in [1.165, 1.54) is 5.56 Å². The molecule has 0 aliphatic carbocycles. The number of hydrogen-bond donors (Lipinski definition) is 0. The van der Waals surface area contributed by atoms with E-state index < -0.39 is 13.3 Å². The zero-order chi connectivity index (χ0) is 43.8. The smallest absolute Gasteiger partial charge is 0.216 e. The molecule has 10 aromatic rings. The van der Waals surface area contributed by atoms with Gasteiger partial charge in [-0.25, -0.2) is 4.98 Å². The molecule has 0 saturated heterocycles. The van der Waals surface area contributed by atoms with Gasteiger partial charge in [0.2, 0.25) is 5.71 Å². The number of aromatic nitrogens is 4. The first-order valence-corrected chi connectivity index (χ1v) is 29.2. The fraction of sp³-hybridized carbons (Fsp3) is 0.175. The molecule has 7 heteroatoms. The van der Waals surface area contributed by atoms with Crippen molar-refractivity contribution in [2.45, 2.75) is 58.3 Å². The predicted molar refractivity (Wildman–Crippen MR) is 266 cm³/mol. The largest absolute Gasteiger partial charge is 0.486 e. The molecule has 4 aromatic heterocycles. The average Bonchev–Trinajstić information content (AvgIpc) is 3.86. The number of imidazole rings is 1. The first-order chi connectivity index (χ1) is 30.5. The van der Waals surface area contributed by atoms with Gasteiger partial charge in [-0.3, -0.25) is 4.98 Å². The minimum Gasteiger partial charge on any atom is -0.486 e. The molecular formula is C57H52GeIrN4O-2. The van der Waals surface area contributed by atoms with E-state index in [-0.39, 0.29) is 20.1 Å². The van der Waals surface area contributed by atoms with Crippen LogP contribution in [-0.2, 0) is 26.5 Å². The van der Waals surface area contributed by atoms with Crippen LogP contribution in [0.25, 0.3) is 83.7 Å². The Balaban J connectivity index is 0.000000225. The summed E-state index contributed by atoms with van der Waals surface area (Å²) in [6.45, 7) is 10.8. The molecule has 64 heavy (non-hydrogen) atoms. The van der Waals surface area contributed by atoms with Gasteiger partial charge in [-0.2, -0.15) is 0 Å². The number of aryl methyl sites for hydroxylation is 3. The molecule has 10 rings (SSSR count). The Hall–Kier alpha value is -5.92. The third kappa shape index (κ3) is 8.80. The summed E-state index contributed by atoms with van der Waals surface area (Å²) in [7, 11) is 0. The second kappa shape index (κ2) is 18.7. The summed E-state index contributed by atoms with van der Waals surface area (Å²) in [4.78, 5) is 14.8. The molecule has 0 N–H and O–H groups in total. The van der Waals surface area contributed by atoms with Gasteiger partial charge < -0.3 is 8.98 Å². The summed E-state index contributed by atoms with van der Waals surface area (Å²) in [6.07, 6.45) is 3.27. The van der Waals surface area contributed by atoms with E-state index in [0.717, 1.165) is 101 Å². The molecule has 0 bridgehead atoms. The minimum absolute atomic E-state index is 0. The standard InChI is InChI=1S/C39H28N3O.C18H24GeN.Ir/c1-24-21-22-31(37-35(24)32-23-25(2)26(3)40-39(32)43-37)38-41-33-19-10-11-20-34(33)42(38)36-29(27-13-6-4-7-14-27)17-12-18-30(36)28-15-8-5-9-16-28;1-14(2)11-16-12-18(15-9-7-6-8-10-15)20-13-17(16)19(3,4)5;/h4-21,23H,1-3H3;6-9,12-14H,11H2,1-5H3;/q2*-1;. The van der Waals surface area contributed by atoms with Gasteiger partial charge in [-0.15, -0.1) is 17.7 Å². The molecule has 0 aliphatic heterocycles. The molecule has 5 nitrogen and oxygen atoms in total. The van der Waals surface area contributed by atoms with Crippen molar-refractivity contribution in [3.8, 4) is 50.6 Å². The quantitative estimate of drug-likeness (QED) is 0.112. The van der Waals surface area contributed by atoms with Crippen LogP contribution in [0.2, 0.25) is 17.3 Å². The maximum Gasteiger partial charge on any atom is 0.216 e. The van der Waals surface area contributed by atoms with Crippen LogP contribution in [0.15, 0.2) is 156 Å². The summed E-state index contributed by atoms with van der Waals surface area (Å²) in [5.41, 5.74) is 16.5. The second-order valence-corrected chi connectivity index (χ2v) is 28.5. The van der Waals surface area contributed by atoms with E-state index in [1.807, 2.05) is 37.3 Å². The normalized spacial score (nSPS) is 11.5. The predicted octanol–water partition coefficient (Wildman–Crippen LogP) is 14.3. The fourth-order valence-corrected chi connectivity index (χ4v) is 12.0. The van der Waals surface area contributed by atoms with Gasteiger partial charge >= 0.3 is 126 Å². The molecule has 0 unspecified atom stereocenters. The molecule has 0 atom stereocenters. The zero-order valence-corrected chi connectivity index (χ0v) is 42.2. The van der Waals surface area contributed by atoms with Crippen molar-refractivity contribution in [1.82, 2.24) is 19.5 Å². The van der Waals surface area contributed by atoms with E-state index >= 15 is 0 Å². The van der Waals surface area contributed by atoms with Crippen molar-refractivity contribution in [1.29, 1.82) is 0 Å². The van der Waals surface area contributed by atoms with Crippen LogP contribution >= 0.6 is 0 Å². The van der Waals surface area contributed by atoms with Crippen LogP contribution < -0.4 is 4.40 Å². The molecule has 0 aliphatic rings. The van der Waals surface area contributed by atoms with Crippen molar-refractivity contribution < 1.29 is 24.5 Å². The Morgan fingerprint density at radius 3 is 2.00 bits per heavy atom. The van der Waals surface area contributed by atoms with E-state index in [1.54, 1.807) is 4.40 Å². The molecule has 1 radical (unpaired) electrons. The van der Waals surface area contributed by atoms with E-state index in [9.17, 15) is 0 Å². The van der Waals surface area contributed by atoms with Gasteiger partial charge in [0.15, 0.2) is 0 Å². The van der Waals surface area contributed by atoms with Crippen molar-refractivity contribution >= 4 is 50.8 Å². The molecule has 6 aromatic carbocycles. The summed E-state index contributed by atoms with van der Waals surface area (Å²) in [5, 5.41) is 2.07. The van der Waals surface area contributed by atoms with Crippen LogP contribution in [0, 0.1) is 38.8 Å². The van der Waals surface area contributed by atoms with Crippen LogP contribution in [0.5, 0.6) is 0 Å². The molecular weight excluding hydrogens is 1020 g/mol. The molecule has 321 valence electrons. The number of hydrogen-bond acceptors (Lipinski definition) is 4. The second-order valence-electron chi connectivity index (χ2n) is 17.9. The number of rotatable bonds is 8. The molecule has 0 amide bonds. The van der Waals surface area contributed by atoms with Gasteiger partial charge in [0.1, 0.15) is 0 Å². The van der Waals surface area contributed by atoms with Gasteiger partial charge in [0.05, 0.1) is 28.1 Å². The van der Waals surface area contributed by atoms with Crippen LogP contribution in [-0.4, -0.2) is 32.8 Å². The Morgan fingerprint density at radius 2 is 1.36 bits per heavy atom. The summed E-state index contributed by atoms with van der Waals surface area (Å²) < 4.78 is 10.4. The minimum atomic E-state index is -1.86. The fourth-order valence-electron chi connectivity index (χ4n) is 8.65. The van der Waals surface area contributed by atoms with E-state index in [2.05, 4.69) is 183 Å². The van der Waals surface area contributed by atoms with Gasteiger partial charge in [-0.1, -0.05) is 109 Å². The summed E-state index contributed by atoms with van der Waals surface area (Å²) in [5.74, 6) is 8.77.